The van der Waals surface area contributed by atoms with Gasteiger partial charge in [0.05, 0.1) is 17.8 Å². The number of alkyl halides is 3. The Morgan fingerprint density at radius 1 is 1.09 bits per heavy atom. The number of hydrogen-bond donors (Lipinski definition) is 0. The van der Waals surface area contributed by atoms with Gasteiger partial charge in [-0.05, 0) is 37.6 Å². The minimum Gasteiger partial charge on any atom is -0.340 e. The molecule has 0 bridgehead atoms. The van der Waals surface area contributed by atoms with Crippen molar-refractivity contribution in [2.24, 2.45) is 0 Å². The Hall–Kier alpha value is -3.69. The summed E-state index contributed by atoms with van der Waals surface area (Å²) >= 11 is 0. The maximum absolute atomic E-state index is 13.2. The number of benzene rings is 2. The molecule has 0 fully saturated rings. The van der Waals surface area contributed by atoms with Crippen molar-refractivity contribution in [3.8, 4) is 5.69 Å². The van der Waals surface area contributed by atoms with E-state index in [1.807, 2.05) is 6.92 Å². The Labute approximate surface area is 181 Å². The maximum atomic E-state index is 13.2. The van der Waals surface area contributed by atoms with E-state index in [9.17, 15) is 27.6 Å². The molecule has 32 heavy (non-hydrogen) atoms. The largest absolute Gasteiger partial charge is 0.416 e. The normalized spacial score (nSPS) is 11.4. The highest BCUT2D eigenvalue weighted by molar-refractivity contribution is 5.91. The van der Waals surface area contributed by atoms with Crippen LogP contribution in [0.3, 0.4) is 0 Å². The van der Waals surface area contributed by atoms with E-state index in [0.29, 0.717) is 10.2 Å². The van der Waals surface area contributed by atoms with Gasteiger partial charge in [-0.25, -0.2) is 4.79 Å². The molecule has 0 saturated heterocycles. The third-order valence-corrected chi connectivity index (χ3v) is 4.96. The Morgan fingerprint density at radius 2 is 1.75 bits per heavy atom. The van der Waals surface area contributed by atoms with Crippen molar-refractivity contribution in [3.05, 3.63) is 91.8 Å². The average Bonchev–Trinajstić information content (AvgIpc) is 2.76. The number of carbonyl (C=O) groups excluding carboxylic acids is 1. The van der Waals surface area contributed by atoms with Gasteiger partial charge in [0.15, 0.2) is 0 Å². The maximum Gasteiger partial charge on any atom is 0.416 e. The van der Waals surface area contributed by atoms with Crippen molar-refractivity contribution in [2.45, 2.75) is 26.6 Å². The third kappa shape index (κ3) is 4.63. The number of rotatable bonds is 5. The summed E-state index contributed by atoms with van der Waals surface area (Å²) in [6.07, 6.45) is -4.64. The number of hydrogen-bond acceptors (Lipinski definition) is 4. The predicted octanol–water partition coefficient (Wildman–Crippen LogP) is 2.86. The van der Waals surface area contributed by atoms with Crippen LogP contribution in [0.2, 0.25) is 0 Å². The minimum atomic E-state index is -4.64. The van der Waals surface area contributed by atoms with Crippen molar-refractivity contribution in [3.63, 3.8) is 0 Å². The van der Waals surface area contributed by atoms with Crippen LogP contribution in [0, 0.1) is 6.92 Å². The van der Waals surface area contributed by atoms with Gasteiger partial charge in [-0.15, -0.1) is 0 Å². The molecule has 3 aromatic rings. The SMILES string of the molecule is CCN(C)C(=O)c1nn(-c2cccc(C(F)(F)F)c2)c(=O)n(Cc2ccc(C)cc2)c1=O. The van der Waals surface area contributed by atoms with Gasteiger partial charge < -0.3 is 4.90 Å². The molecule has 7 nitrogen and oxygen atoms in total. The number of amides is 1. The number of halogens is 3. The molecule has 1 amide bonds. The van der Waals surface area contributed by atoms with Crippen LogP contribution in [0.5, 0.6) is 0 Å². The quantitative estimate of drug-likeness (QED) is 0.604. The average molecular weight is 446 g/mol. The van der Waals surface area contributed by atoms with Crippen molar-refractivity contribution in [1.82, 2.24) is 19.2 Å². The molecule has 0 N–H and O–H groups in total. The summed E-state index contributed by atoms with van der Waals surface area (Å²) in [4.78, 5) is 40.0. The molecule has 1 heterocycles. The lowest BCUT2D eigenvalue weighted by molar-refractivity contribution is -0.137. The van der Waals surface area contributed by atoms with Crippen molar-refractivity contribution >= 4 is 5.91 Å². The molecule has 0 unspecified atom stereocenters. The van der Waals surface area contributed by atoms with E-state index < -0.39 is 34.6 Å². The molecule has 1 aromatic heterocycles. The molecule has 0 aliphatic rings. The smallest absolute Gasteiger partial charge is 0.340 e. The van der Waals surface area contributed by atoms with Gasteiger partial charge in [-0.2, -0.15) is 23.0 Å². The predicted molar refractivity (Wildman–Crippen MR) is 112 cm³/mol. The van der Waals surface area contributed by atoms with Gasteiger partial charge in [0, 0.05) is 13.6 Å². The van der Waals surface area contributed by atoms with E-state index in [2.05, 4.69) is 5.10 Å². The highest BCUT2D eigenvalue weighted by atomic mass is 19.4. The first-order valence-corrected chi connectivity index (χ1v) is 9.75. The molecule has 0 atom stereocenters. The summed E-state index contributed by atoms with van der Waals surface area (Å²) in [6.45, 7) is 3.65. The molecule has 3 rings (SSSR count). The minimum absolute atomic E-state index is 0.171. The second kappa shape index (κ2) is 8.81. The van der Waals surface area contributed by atoms with E-state index in [-0.39, 0.29) is 18.8 Å². The highest BCUT2D eigenvalue weighted by Crippen LogP contribution is 2.29. The lowest BCUT2D eigenvalue weighted by Crippen LogP contribution is -2.46. The third-order valence-electron chi connectivity index (χ3n) is 4.96. The Morgan fingerprint density at radius 3 is 2.34 bits per heavy atom. The zero-order valence-corrected chi connectivity index (χ0v) is 17.7. The Balaban J connectivity index is 2.25. The summed E-state index contributed by atoms with van der Waals surface area (Å²) in [6, 6.07) is 11.0. The molecule has 168 valence electrons. The first-order chi connectivity index (χ1) is 15.0. The van der Waals surface area contributed by atoms with Gasteiger partial charge >= 0.3 is 11.9 Å². The fourth-order valence-corrected chi connectivity index (χ4v) is 2.97. The Kier molecular flexibility index (Phi) is 6.33. The van der Waals surface area contributed by atoms with E-state index in [1.54, 1.807) is 31.2 Å². The molecule has 2 aromatic carbocycles. The summed E-state index contributed by atoms with van der Waals surface area (Å²) in [5.74, 6) is -0.740. The van der Waals surface area contributed by atoms with Gasteiger partial charge in [0.1, 0.15) is 0 Å². The van der Waals surface area contributed by atoms with Crippen LogP contribution >= 0.6 is 0 Å². The summed E-state index contributed by atoms with van der Waals surface area (Å²) in [5, 5.41) is 3.86. The van der Waals surface area contributed by atoms with Crippen LogP contribution in [0.25, 0.3) is 5.69 Å². The van der Waals surface area contributed by atoms with E-state index >= 15 is 0 Å². The molecule has 10 heteroatoms. The lowest BCUT2D eigenvalue weighted by atomic mass is 10.1. The standard InChI is InChI=1S/C22H21F3N4O3/c1-4-27(3)19(30)18-20(31)28(13-15-10-8-14(2)9-11-15)21(32)29(26-18)17-7-5-6-16(12-17)22(23,24)25/h5-12H,4,13H2,1-3H3. The van der Waals surface area contributed by atoms with Crippen LogP contribution in [0.1, 0.15) is 34.1 Å². The zero-order chi connectivity index (χ0) is 23.6. The number of carbonyl (C=O) groups is 1. The first kappa shape index (κ1) is 23.0. The molecular formula is C22H21F3N4O3. The summed E-state index contributed by atoms with van der Waals surface area (Å²) in [5.41, 5.74) is -2.04. The van der Waals surface area contributed by atoms with Crippen LogP contribution in [-0.2, 0) is 12.7 Å². The molecule has 0 radical (unpaired) electrons. The van der Waals surface area contributed by atoms with E-state index in [4.69, 9.17) is 0 Å². The molecule has 0 saturated carbocycles. The molecule has 0 spiro atoms. The fourth-order valence-electron chi connectivity index (χ4n) is 2.97. The molecule has 0 aliphatic heterocycles. The van der Waals surface area contributed by atoms with Crippen molar-refractivity contribution in [1.29, 1.82) is 0 Å². The Bertz CT molecular complexity index is 1260. The monoisotopic (exact) mass is 446 g/mol. The van der Waals surface area contributed by atoms with E-state index in [1.165, 1.54) is 18.0 Å². The fraction of sp³-hybridized carbons (Fsp3) is 0.273. The highest BCUT2D eigenvalue weighted by Gasteiger charge is 2.31. The van der Waals surface area contributed by atoms with Gasteiger partial charge in [-0.1, -0.05) is 35.9 Å². The van der Waals surface area contributed by atoms with Crippen molar-refractivity contribution < 1.29 is 18.0 Å². The van der Waals surface area contributed by atoms with Crippen LogP contribution < -0.4 is 11.2 Å². The van der Waals surface area contributed by atoms with E-state index in [0.717, 1.165) is 28.3 Å². The van der Waals surface area contributed by atoms with Crippen LogP contribution in [0.4, 0.5) is 13.2 Å². The summed E-state index contributed by atoms with van der Waals surface area (Å²) in [7, 11) is 1.45. The van der Waals surface area contributed by atoms with Gasteiger partial charge in [-0.3, -0.25) is 14.2 Å². The number of aromatic nitrogens is 3. The first-order valence-electron chi connectivity index (χ1n) is 9.75. The lowest BCUT2D eigenvalue weighted by Gasteiger charge is -2.16. The number of nitrogens with zero attached hydrogens (tertiary/aromatic N) is 4. The van der Waals surface area contributed by atoms with Crippen LogP contribution in [-0.4, -0.2) is 38.7 Å². The zero-order valence-electron chi connectivity index (χ0n) is 17.7. The van der Waals surface area contributed by atoms with Crippen LogP contribution in [0.15, 0.2) is 58.1 Å². The second-order valence-corrected chi connectivity index (χ2v) is 7.29. The molecular weight excluding hydrogens is 425 g/mol. The second-order valence-electron chi connectivity index (χ2n) is 7.29. The van der Waals surface area contributed by atoms with Crippen molar-refractivity contribution in [2.75, 3.05) is 13.6 Å². The summed E-state index contributed by atoms with van der Waals surface area (Å²) < 4.78 is 41.0. The van der Waals surface area contributed by atoms with Gasteiger partial charge in [0.2, 0.25) is 5.69 Å². The number of aryl methyl sites for hydroxylation is 1. The van der Waals surface area contributed by atoms with Gasteiger partial charge in [0.25, 0.3) is 11.5 Å². The molecule has 0 aliphatic carbocycles. The topological polar surface area (TPSA) is 77.2 Å².